The van der Waals surface area contributed by atoms with E-state index in [9.17, 15) is 9.18 Å². The second-order valence-electron chi connectivity index (χ2n) is 4.85. The average molecular weight is 330 g/mol. The van der Waals surface area contributed by atoms with Gasteiger partial charge in [0.2, 0.25) is 5.91 Å². The first-order chi connectivity index (χ1) is 9.04. The zero-order valence-corrected chi connectivity index (χ0v) is 12.7. The molecule has 1 aliphatic heterocycles. The van der Waals surface area contributed by atoms with Crippen LogP contribution in [0.15, 0.2) is 16.6 Å². The van der Waals surface area contributed by atoms with Crippen LogP contribution in [0.5, 0.6) is 0 Å². The second-order valence-corrected chi connectivity index (χ2v) is 5.71. The largest absolute Gasteiger partial charge is 0.384 e. The molecule has 1 atom stereocenters. The molecule has 1 heterocycles. The molecule has 0 spiro atoms. The minimum atomic E-state index is -0.241. The van der Waals surface area contributed by atoms with Gasteiger partial charge in [0.05, 0.1) is 12.5 Å². The summed E-state index contributed by atoms with van der Waals surface area (Å²) in [6.07, 6.45) is 0.680. The van der Waals surface area contributed by atoms with Crippen molar-refractivity contribution in [1.82, 2.24) is 4.90 Å². The summed E-state index contributed by atoms with van der Waals surface area (Å²) in [7, 11) is 1.58. The fraction of sp³-hybridized carbons (Fsp3) is 0.500. The normalized spacial score (nSPS) is 16.1. The standard InChI is InChI=1S/C14H17BrFNO2/c1-9(8-19-2)14(18)17-6-5-10-11(7-17)13(16)4-3-12(10)15/h3-4,9H,5-8H2,1-2H3/t9-/m1/s1. The van der Waals surface area contributed by atoms with Crippen LogP contribution in [0.3, 0.4) is 0 Å². The van der Waals surface area contributed by atoms with E-state index >= 15 is 0 Å². The lowest BCUT2D eigenvalue weighted by atomic mass is 9.98. The summed E-state index contributed by atoms with van der Waals surface area (Å²) in [4.78, 5) is 13.9. The van der Waals surface area contributed by atoms with Crippen molar-refractivity contribution in [3.8, 4) is 0 Å². The van der Waals surface area contributed by atoms with Gasteiger partial charge in [-0.15, -0.1) is 0 Å². The van der Waals surface area contributed by atoms with Crippen LogP contribution in [-0.2, 0) is 22.5 Å². The summed E-state index contributed by atoms with van der Waals surface area (Å²) in [6, 6.07) is 3.16. The van der Waals surface area contributed by atoms with Crippen LogP contribution in [0.1, 0.15) is 18.1 Å². The Balaban J connectivity index is 2.18. The van der Waals surface area contributed by atoms with E-state index in [2.05, 4.69) is 15.9 Å². The maximum absolute atomic E-state index is 13.9. The van der Waals surface area contributed by atoms with Gasteiger partial charge in [0.25, 0.3) is 0 Å². The third kappa shape index (κ3) is 2.98. The highest BCUT2D eigenvalue weighted by Gasteiger charge is 2.27. The molecule has 1 aromatic rings. The van der Waals surface area contributed by atoms with Crippen LogP contribution < -0.4 is 0 Å². The number of hydrogen-bond donors (Lipinski definition) is 0. The van der Waals surface area contributed by atoms with Crippen molar-refractivity contribution in [1.29, 1.82) is 0 Å². The van der Waals surface area contributed by atoms with Gasteiger partial charge in [0, 0.05) is 30.2 Å². The van der Waals surface area contributed by atoms with E-state index in [0.29, 0.717) is 31.7 Å². The molecule has 2 rings (SSSR count). The van der Waals surface area contributed by atoms with Gasteiger partial charge in [-0.3, -0.25) is 4.79 Å². The number of halogens is 2. The number of nitrogens with zero attached hydrogens (tertiary/aromatic N) is 1. The van der Waals surface area contributed by atoms with Crippen LogP contribution in [0, 0.1) is 11.7 Å². The van der Waals surface area contributed by atoms with E-state index in [-0.39, 0.29) is 17.6 Å². The number of benzene rings is 1. The molecule has 3 nitrogen and oxygen atoms in total. The zero-order chi connectivity index (χ0) is 14.0. The highest BCUT2D eigenvalue weighted by Crippen LogP contribution is 2.29. The minimum Gasteiger partial charge on any atom is -0.384 e. The second kappa shape index (κ2) is 6.01. The number of fused-ring (bicyclic) bond motifs is 1. The molecule has 0 N–H and O–H groups in total. The Bertz CT molecular complexity index is 493. The van der Waals surface area contributed by atoms with Crippen LogP contribution in [0.4, 0.5) is 4.39 Å². The maximum atomic E-state index is 13.9. The van der Waals surface area contributed by atoms with Crippen molar-refractivity contribution < 1.29 is 13.9 Å². The molecule has 0 fully saturated rings. The molecule has 0 radical (unpaired) electrons. The monoisotopic (exact) mass is 329 g/mol. The van der Waals surface area contributed by atoms with Crippen LogP contribution in [0.25, 0.3) is 0 Å². The number of hydrogen-bond acceptors (Lipinski definition) is 2. The van der Waals surface area contributed by atoms with E-state index in [1.54, 1.807) is 18.1 Å². The predicted molar refractivity (Wildman–Crippen MR) is 74.3 cm³/mol. The lowest BCUT2D eigenvalue weighted by Gasteiger charge is -2.31. The summed E-state index contributed by atoms with van der Waals surface area (Å²) < 4.78 is 19.8. The summed E-state index contributed by atoms with van der Waals surface area (Å²) in [5, 5.41) is 0. The van der Waals surface area contributed by atoms with Gasteiger partial charge >= 0.3 is 0 Å². The first-order valence-electron chi connectivity index (χ1n) is 6.28. The molecule has 19 heavy (non-hydrogen) atoms. The van der Waals surface area contributed by atoms with Crippen LogP contribution in [0.2, 0.25) is 0 Å². The summed E-state index contributed by atoms with van der Waals surface area (Å²) >= 11 is 3.44. The van der Waals surface area contributed by atoms with Gasteiger partial charge in [-0.2, -0.15) is 0 Å². The molecule has 0 saturated heterocycles. The SMILES string of the molecule is COC[C@@H](C)C(=O)N1CCc2c(Br)ccc(F)c2C1. The maximum Gasteiger partial charge on any atom is 0.228 e. The molecule has 5 heteroatoms. The van der Waals surface area contributed by atoms with Gasteiger partial charge in [0.15, 0.2) is 0 Å². The quantitative estimate of drug-likeness (QED) is 0.853. The highest BCUT2D eigenvalue weighted by molar-refractivity contribution is 9.10. The van der Waals surface area contributed by atoms with Crippen molar-refractivity contribution in [2.75, 3.05) is 20.3 Å². The molecule has 1 amide bonds. The van der Waals surface area contributed by atoms with E-state index in [4.69, 9.17) is 4.74 Å². The van der Waals surface area contributed by atoms with E-state index < -0.39 is 0 Å². The number of carbonyl (C=O) groups is 1. The Hall–Kier alpha value is -0.940. The van der Waals surface area contributed by atoms with Gasteiger partial charge in [0.1, 0.15) is 5.82 Å². The molecule has 104 valence electrons. The number of methoxy groups -OCH3 is 1. The number of ether oxygens (including phenoxy) is 1. The summed E-state index contributed by atoms with van der Waals surface area (Å²) in [5.41, 5.74) is 1.60. The first kappa shape index (κ1) is 14.5. The fourth-order valence-corrected chi connectivity index (χ4v) is 2.98. The van der Waals surface area contributed by atoms with Crippen molar-refractivity contribution in [2.24, 2.45) is 5.92 Å². The molecule has 0 unspecified atom stereocenters. The van der Waals surface area contributed by atoms with Gasteiger partial charge in [-0.25, -0.2) is 4.39 Å². The highest BCUT2D eigenvalue weighted by atomic mass is 79.9. The Kier molecular flexibility index (Phi) is 4.58. The number of amides is 1. The molecule has 1 aromatic carbocycles. The fourth-order valence-electron chi connectivity index (χ4n) is 2.41. The molecule has 0 aromatic heterocycles. The Morgan fingerprint density at radius 2 is 2.26 bits per heavy atom. The van der Waals surface area contributed by atoms with Crippen molar-refractivity contribution in [3.05, 3.63) is 33.5 Å². The molecule has 1 aliphatic rings. The Morgan fingerprint density at radius 3 is 2.95 bits per heavy atom. The summed E-state index contributed by atoms with van der Waals surface area (Å²) in [5.74, 6) is -0.413. The van der Waals surface area contributed by atoms with E-state index in [1.807, 2.05) is 6.92 Å². The topological polar surface area (TPSA) is 29.5 Å². The Labute approximate surface area is 120 Å². The Morgan fingerprint density at radius 1 is 1.53 bits per heavy atom. The summed E-state index contributed by atoms with van der Waals surface area (Å²) in [6.45, 7) is 3.19. The van der Waals surface area contributed by atoms with Crippen molar-refractivity contribution in [2.45, 2.75) is 19.9 Å². The molecule has 0 bridgehead atoms. The van der Waals surface area contributed by atoms with E-state index in [0.717, 1.165) is 10.0 Å². The lowest BCUT2D eigenvalue weighted by molar-refractivity contribution is -0.137. The third-order valence-corrected chi connectivity index (χ3v) is 4.19. The van der Waals surface area contributed by atoms with Gasteiger partial charge in [-0.05, 0) is 24.1 Å². The lowest BCUT2D eigenvalue weighted by Crippen LogP contribution is -2.40. The van der Waals surface area contributed by atoms with Crippen LogP contribution >= 0.6 is 15.9 Å². The first-order valence-corrected chi connectivity index (χ1v) is 7.07. The zero-order valence-electron chi connectivity index (χ0n) is 11.1. The minimum absolute atomic E-state index is 0.0203. The molecule has 0 saturated carbocycles. The molecule has 0 aliphatic carbocycles. The van der Waals surface area contributed by atoms with Gasteiger partial charge in [-0.1, -0.05) is 22.9 Å². The van der Waals surface area contributed by atoms with Crippen molar-refractivity contribution >= 4 is 21.8 Å². The third-order valence-electron chi connectivity index (χ3n) is 3.45. The van der Waals surface area contributed by atoms with Gasteiger partial charge < -0.3 is 9.64 Å². The number of rotatable bonds is 3. The van der Waals surface area contributed by atoms with E-state index in [1.165, 1.54) is 6.07 Å². The molecular weight excluding hydrogens is 313 g/mol. The van der Waals surface area contributed by atoms with Crippen LogP contribution in [-0.4, -0.2) is 31.1 Å². The smallest absolute Gasteiger partial charge is 0.228 e. The average Bonchev–Trinajstić information content (AvgIpc) is 2.42. The van der Waals surface area contributed by atoms with Crippen molar-refractivity contribution in [3.63, 3.8) is 0 Å². The number of carbonyl (C=O) groups excluding carboxylic acids is 1. The predicted octanol–water partition coefficient (Wildman–Crippen LogP) is 2.76. The molecular formula is C14H17BrFNO2.